The number of phenolic OH excluding ortho intramolecular Hbond substituents is 2. The Morgan fingerprint density at radius 2 is 0.680 bits per heavy atom. The van der Waals surface area contributed by atoms with Crippen LogP contribution in [0.5, 0.6) is 34.5 Å². The normalized spacial score (nSPS) is 14.3. The van der Waals surface area contributed by atoms with Gasteiger partial charge in [0.1, 0.15) is 23.0 Å². The average Bonchev–Trinajstić information content (AvgIpc) is 1.61. The zero-order chi connectivity index (χ0) is 70.4. The molecule has 2 aromatic heterocycles. The van der Waals surface area contributed by atoms with Crippen molar-refractivity contribution < 1.29 is 37.9 Å². The molecular formula is C87H104F2N2O6. The van der Waals surface area contributed by atoms with E-state index in [1.165, 1.54) is 12.1 Å². The fraction of sp³-hybridized carbons (Fsp3) is 0.448. The number of aromatic nitrogens is 2. The number of fused-ring (bicyclic) bond motifs is 8. The van der Waals surface area contributed by atoms with Gasteiger partial charge in [0.05, 0.1) is 59.9 Å². The molecule has 0 saturated heterocycles. The highest BCUT2D eigenvalue weighted by Gasteiger charge is 2.37. The molecule has 2 aliphatic rings. The molecule has 2 N–H and O–H groups in total. The van der Waals surface area contributed by atoms with E-state index in [2.05, 4.69) is 246 Å². The van der Waals surface area contributed by atoms with Crippen LogP contribution in [0, 0.1) is 22.5 Å². The van der Waals surface area contributed by atoms with Gasteiger partial charge in [-0.3, -0.25) is 0 Å². The van der Waals surface area contributed by atoms with E-state index in [4.69, 9.17) is 18.9 Å². The predicted molar refractivity (Wildman–Crippen MR) is 399 cm³/mol. The van der Waals surface area contributed by atoms with E-state index in [9.17, 15) is 10.2 Å². The second-order valence-electron chi connectivity index (χ2n) is 36.0. The lowest BCUT2D eigenvalue weighted by molar-refractivity contribution is 0.246. The van der Waals surface area contributed by atoms with Crippen molar-refractivity contribution in [2.75, 3.05) is 26.4 Å². The van der Waals surface area contributed by atoms with Crippen LogP contribution >= 0.6 is 0 Å². The number of benzene rings is 8. The number of halogens is 2. The van der Waals surface area contributed by atoms with Gasteiger partial charge in [0.15, 0.2) is 23.1 Å². The minimum absolute atomic E-state index is 0.00234. The maximum atomic E-state index is 17.0. The number of hydrogen-bond donors (Lipinski definition) is 2. The van der Waals surface area contributed by atoms with Crippen molar-refractivity contribution in [1.82, 2.24) is 9.13 Å². The first-order valence-corrected chi connectivity index (χ1v) is 35.2. The molecule has 512 valence electrons. The summed E-state index contributed by atoms with van der Waals surface area (Å²) in [6.07, 6.45) is 2.80. The number of nitrogens with zero attached hydrogens (tertiary/aromatic N) is 2. The number of hydrogen-bond acceptors (Lipinski definition) is 6. The fourth-order valence-corrected chi connectivity index (χ4v) is 15.8. The largest absolute Gasteiger partial charge is 0.505 e. The predicted octanol–water partition coefficient (Wildman–Crippen LogP) is 23.2. The SMILES string of the molecule is CC(C)(C)CC(C)(C)c1cc(-c2cc(F)c3c(c2OCCCOc2c(-c4cc(C(C)(C)CC(C)(C)C)cc(-n5c6cc(C(C)(C)C)ccc6c6ccc(C(C)(C)C)cc65)c4O)cc(F)c4c2CCO4)CCO3)c(O)c(-n2c3cc(C(C)(C)C)ccc3c3ccc(C(C)(C)C)cc32)c1. The Kier molecular flexibility index (Phi) is 17.0. The molecular weight excluding hydrogens is 1210 g/mol. The van der Waals surface area contributed by atoms with Gasteiger partial charge in [0.2, 0.25) is 0 Å². The number of rotatable bonds is 14. The van der Waals surface area contributed by atoms with Gasteiger partial charge < -0.3 is 38.3 Å². The van der Waals surface area contributed by atoms with Gasteiger partial charge in [0.25, 0.3) is 0 Å². The van der Waals surface area contributed by atoms with Gasteiger partial charge in [-0.25, -0.2) is 8.78 Å². The zero-order valence-electron chi connectivity index (χ0n) is 61.9. The molecule has 97 heavy (non-hydrogen) atoms. The Hall–Kier alpha value is -7.98. The van der Waals surface area contributed by atoms with Gasteiger partial charge >= 0.3 is 0 Å². The van der Waals surface area contributed by atoms with E-state index in [0.29, 0.717) is 75.5 Å². The first kappa shape index (κ1) is 68.9. The molecule has 0 radical (unpaired) electrons. The molecule has 12 rings (SSSR count). The fourth-order valence-electron chi connectivity index (χ4n) is 15.8. The van der Waals surface area contributed by atoms with Crippen molar-refractivity contribution in [3.63, 3.8) is 0 Å². The molecule has 8 aromatic carbocycles. The van der Waals surface area contributed by atoms with Crippen molar-refractivity contribution in [3.8, 4) is 68.1 Å². The lowest BCUT2D eigenvalue weighted by Crippen LogP contribution is -2.25. The van der Waals surface area contributed by atoms with Crippen LogP contribution < -0.4 is 18.9 Å². The maximum Gasteiger partial charge on any atom is 0.166 e. The van der Waals surface area contributed by atoms with E-state index < -0.39 is 22.5 Å². The first-order valence-electron chi connectivity index (χ1n) is 35.2. The van der Waals surface area contributed by atoms with E-state index >= 15 is 8.78 Å². The Balaban J connectivity index is 0.980. The molecule has 8 nitrogen and oxygen atoms in total. The number of phenols is 2. The van der Waals surface area contributed by atoms with Crippen LogP contribution in [0.2, 0.25) is 0 Å². The topological polar surface area (TPSA) is 87.2 Å². The summed E-state index contributed by atoms with van der Waals surface area (Å²) in [5, 5.41) is 31.1. The molecule has 0 amide bonds. The minimum atomic E-state index is -0.528. The molecule has 10 aromatic rings. The van der Waals surface area contributed by atoms with Crippen molar-refractivity contribution >= 4 is 43.6 Å². The van der Waals surface area contributed by atoms with Crippen molar-refractivity contribution in [3.05, 3.63) is 165 Å². The Morgan fingerprint density at radius 3 is 0.959 bits per heavy atom. The Morgan fingerprint density at radius 1 is 0.381 bits per heavy atom. The van der Waals surface area contributed by atoms with Gasteiger partial charge in [-0.15, -0.1) is 0 Å². The van der Waals surface area contributed by atoms with E-state index in [-0.39, 0.29) is 81.9 Å². The van der Waals surface area contributed by atoms with Crippen LogP contribution in [0.1, 0.15) is 216 Å². The van der Waals surface area contributed by atoms with Crippen LogP contribution in [0.4, 0.5) is 8.78 Å². The third-order valence-corrected chi connectivity index (χ3v) is 20.3. The van der Waals surface area contributed by atoms with Crippen LogP contribution in [0.25, 0.3) is 77.2 Å². The molecule has 0 spiro atoms. The number of ether oxygens (including phenoxy) is 4. The first-order chi connectivity index (χ1) is 45.0. The molecule has 10 heteroatoms. The smallest absolute Gasteiger partial charge is 0.166 e. The summed E-state index contributed by atoms with van der Waals surface area (Å²) in [5.74, 6) is 0.117. The summed E-state index contributed by atoms with van der Waals surface area (Å²) < 4.78 is 64.5. The summed E-state index contributed by atoms with van der Waals surface area (Å²) in [7, 11) is 0. The Labute approximate surface area is 575 Å². The molecule has 0 atom stereocenters. The molecule has 0 saturated carbocycles. The second-order valence-corrected chi connectivity index (χ2v) is 36.0. The standard InChI is InChI=1S/C87H104F2N2O6/c1-80(2,3)48-86(19,20)54-38-62(74(92)72(44-54)90-68-40-50(82(7,8)9)24-28-56(68)57-29-25-51(41-69(57)90)83(10,11)12)64-46-66(88)78-60(32-36-96-78)76(64)94-34-23-35-95-77-61-33-37-97-79(61)67(89)47-65(77)63-39-55(87(21,22)49-81(4,5)6)45-73(75(63)93)91-70-42-52(84(13,14)15)26-30-58(70)59-31-27-53(43-71(59)91)85(16,17)18/h24-31,38-47,92-93H,23,32-37,48-49H2,1-22H3. The highest BCUT2D eigenvalue weighted by atomic mass is 19.1. The van der Waals surface area contributed by atoms with Crippen LogP contribution in [-0.2, 0) is 45.3 Å². The molecule has 0 aliphatic carbocycles. The molecule has 4 heterocycles. The van der Waals surface area contributed by atoms with Crippen LogP contribution in [0.3, 0.4) is 0 Å². The van der Waals surface area contributed by atoms with Gasteiger partial charge in [-0.2, -0.15) is 0 Å². The summed E-state index contributed by atoms with van der Waals surface area (Å²) in [4.78, 5) is 0. The van der Waals surface area contributed by atoms with Crippen LogP contribution in [-0.4, -0.2) is 45.8 Å². The van der Waals surface area contributed by atoms with Crippen molar-refractivity contribution in [1.29, 1.82) is 0 Å². The lowest BCUT2D eigenvalue weighted by Gasteiger charge is -2.34. The zero-order valence-corrected chi connectivity index (χ0v) is 61.9. The van der Waals surface area contributed by atoms with E-state index in [1.807, 2.05) is 12.1 Å². The third kappa shape index (κ3) is 13.0. The quantitative estimate of drug-likeness (QED) is 0.106. The summed E-state index contributed by atoms with van der Waals surface area (Å²) >= 11 is 0. The second kappa shape index (κ2) is 23.9. The highest BCUT2D eigenvalue weighted by Crippen LogP contribution is 2.54. The summed E-state index contributed by atoms with van der Waals surface area (Å²) in [6.45, 7) is 50.0. The third-order valence-electron chi connectivity index (χ3n) is 20.3. The monoisotopic (exact) mass is 1310 g/mol. The highest BCUT2D eigenvalue weighted by molar-refractivity contribution is 6.11. The molecule has 0 bridgehead atoms. The minimum Gasteiger partial charge on any atom is -0.505 e. The summed E-state index contributed by atoms with van der Waals surface area (Å²) in [6, 6.07) is 38.1. The van der Waals surface area contributed by atoms with Crippen molar-refractivity contribution in [2.45, 2.75) is 217 Å². The van der Waals surface area contributed by atoms with Gasteiger partial charge in [-0.05, 0) is 150 Å². The van der Waals surface area contributed by atoms with E-state index in [1.54, 1.807) is 0 Å². The van der Waals surface area contributed by atoms with E-state index in [0.717, 1.165) is 89.8 Å². The molecule has 2 aliphatic heterocycles. The maximum absolute atomic E-state index is 17.0. The van der Waals surface area contributed by atoms with Crippen LogP contribution in [0.15, 0.2) is 109 Å². The van der Waals surface area contributed by atoms with Crippen molar-refractivity contribution in [2.24, 2.45) is 10.8 Å². The molecule has 0 fully saturated rings. The lowest BCUT2D eigenvalue weighted by atomic mass is 9.71. The molecule has 0 unspecified atom stereocenters. The Bertz CT molecular complexity index is 4340. The summed E-state index contributed by atoms with van der Waals surface area (Å²) in [5.41, 5.74) is 13.0. The van der Waals surface area contributed by atoms with Gasteiger partial charge in [0, 0.05) is 74.2 Å². The number of aromatic hydroxyl groups is 2. The van der Waals surface area contributed by atoms with Gasteiger partial charge in [-0.1, -0.05) is 201 Å². The average molecular weight is 1310 g/mol.